The zero-order valence-electron chi connectivity index (χ0n) is 22.2. The molecule has 1 atom stereocenters. The topological polar surface area (TPSA) is 116 Å². The lowest BCUT2D eigenvalue weighted by atomic mass is 10.2. The number of sulfonamides is 1. The van der Waals surface area contributed by atoms with Crippen LogP contribution in [0.25, 0.3) is 21.6 Å². The van der Waals surface area contributed by atoms with Crippen molar-refractivity contribution < 1.29 is 36.2 Å². The number of thiophene rings is 1. The number of nitrogens with one attached hydrogen (secondary N) is 1. The summed E-state index contributed by atoms with van der Waals surface area (Å²) in [5.74, 6) is -2.76. The number of carboxylic acid groups (broad SMARTS) is 1. The number of alkyl halides is 3. The third kappa shape index (κ3) is 7.09. The van der Waals surface area contributed by atoms with Crippen LogP contribution in [0.1, 0.15) is 24.6 Å². The van der Waals surface area contributed by atoms with Gasteiger partial charge in [0.05, 0.1) is 23.5 Å². The number of rotatable bonds is 9. The van der Waals surface area contributed by atoms with E-state index in [4.69, 9.17) is 14.6 Å². The van der Waals surface area contributed by atoms with Gasteiger partial charge in [-0.3, -0.25) is 9.21 Å². The van der Waals surface area contributed by atoms with Gasteiger partial charge in [-0.1, -0.05) is 18.2 Å². The summed E-state index contributed by atoms with van der Waals surface area (Å²) >= 11 is 2.91. The molecule has 222 valence electrons. The largest absolute Gasteiger partial charge is 0.490 e. The van der Waals surface area contributed by atoms with Crippen molar-refractivity contribution in [1.82, 2.24) is 14.9 Å². The quantitative estimate of drug-likeness (QED) is 0.240. The summed E-state index contributed by atoms with van der Waals surface area (Å²) in [6, 6.07) is 11.7. The Kier molecular flexibility index (Phi) is 9.74. The average molecular weight is 631 g/mol. The SMILES string of the molecule is CCN(c1cccc2cc(-c3ncc(CN4CCC[C@H]4COC)s3)[nH]c12)S(=O)(=O)c1cccs1.O=C(O)C(F)(F)F. The number of halogens is 3. The number of ether oxygens (including phenoxy) is 1. The minimum absolute atomic E-state index is 0.341. The van der Waals surface area contributed by atoms with E-state index in [1.165, 1.54) is 33.4 Å². The maximum Gasteiger partial charge on any atom is 0.490 e. The molecule has 0 unspecified atom stereocenters. The van der Waals surface area contributed by atoms with Crippen molar-refractivity contribution in [1.29, 1.82) is 0 Å². The van der Waals surface area contributed by atoms with E-state index >= 15 is 0 Å². The number of para-hydroxylation sites is 1. The Bertz CT molecular complexity index is 1570. The number of nitrogens with zero attached hydrogens (tertiary/aromatic N) is 3. The molecular weight excluding hydrogens is 602 g/mol. The number of aliphatic carboxylic acids is 1. The Morgan fingerprint density at radius 1 is 1.29 bits per heavy atom. The number of methoxy groups -OCH3 is 1. The summed E-state index contributed by atoms with van der Waals surface area (Å²) in [6.45, 7) is 4.92. The van der Waals surface area contributed by atoms with Crippen molar-refractivity contribution in [2.45, 2.75) is 42.7 Å². The second kappa shape index (κ2) is 12.9. The van der Waals surface area contributed by atoms with Crippen LogP contribution in [0.15, 0.2) is 52.2 Å². The van der Waals surface area contributed by atoms with Crippen LogP contribution in [-0.2, 0) is 26.1 Å². The molecule has 1 fully saturated rings. The predicted octanol–water partition coefficient (Wildman–Crippen LogP) is 5.81. The van der Waals surface area contributed by atoms with Crippen molar-refractivity contribution in [3.05, 3.63) is 52.9 Å². The number of aromatic amines is 1. The van der Waals surface area contributed by atoms with E-state index < -0.39 is 22.2 Å². The van der Waals surface area contributed by atoms with E-state index in [0.717, 1.165) is 41.3 Å². The summed E-state index contributed by atoms with van der Waals surface area (Å²) in [6.07, 6.45) is -0.756. The molecule has 1 saturated heterocycles. The first-order valence-corrected chi connectivity index (χ1v) is 15.8. The highest BCUT2D eigenvalue weighted by Crippen LogP contribution is 2.35. The summed E-state index contributed by atoms with van der Waals surface area (Å²) in [4.78, 5) is 20.7. The van der Waals surface area contributed by atoms with Crippen molar-refractivity contribution in [2.75, 3.05) is 31.1 Å². The molecule has 9 nitrogen and oxygen atoms in total. The van der Waals surface area contributed by atoms with Gasteiger partial charge in [0.25, 0.3) is 10.0 Å². The molecule has 4 aromatic rings. The first-order chi connectivity index (χ1) is 19.5. The molecule has 3 aromatic heterocycles. The van der Waals surface area contributed by atoms with Gasteiger partial charge >= 0.3 is 12.1 Å². The van der Waals surface area contributed by atoms with Gasteiger partial charge < -0.3 is 14.8 Å². The minimum Gasteiger partial charge on any atom is -0.475 e. The predicted molar refractivity (Wildman–Crippen MR) is 153 cm³/mol. The van der Waals surface area contributed by atoms with Gasteiger partial charge in [0.1, 0.15) is 9.22 Å². The van der Waals surface area contributed by atoms with Gasteiger partial charge in [-0.25, -0.2) is 18.2 Å². The van der Waals surface area contributed by atoms with Gasteiger partial charge in [-0.2, -0.15) is 13.2 Å². The number of thiazole rings is 1. The minimum atomic E-state index is -5.08. The van der Waals surface area contributed by atoms with Crippen molar-refractivity contribution >= 4 is 55.3 Å². The third-order valence-electron chi connectivity index (χ3n) is 6.47. The van der Waals surface area contributed by atoms with E-state index in [1.54, 1.807) is 36.0 Å². The monoisotopic (exact) mass is 630 g/mol. The number of benzene rings is 1. The molecule has 2 N–H and O–H groups in total. The van der Waals surface area contributed by atoms with Crippen LogP contribution >= 0.6 is 22.7 Å². The van der Waals surface area contributed by atoms with E-state index in [1.807, 2.05) is 31.3 Å². The summed E-state index contributed by atoms with van der Waals surface area (Å²) in [5.41, 5.74) is 2.35. The number of carboxylic acids is 1. The molecule has 5 rings (SSSR count). The van der Waals surface area contributed by atoms with Crippen LogP contribution in [0.2, 0.25) is 0 Å². The van der Waals surface area contributed by atoms with Gasteiger partial charge in [-0.15, -0.1) is 22.7 Å². The molecule has 1 aliphatic rings. The molecule has 0 bridgehead atoms. The average Bonchev–Trinajstić information content (AvgIpc) is 3.72. The highest BCUT2D eigenvalue weighted by Gasteiger charge is 2.38. The Morgan fingerprint density at radius 2 is 2.05 bits per heavy atom. The van der Waals surface area contributed by atoms with Crippen LogP contribution in [0.4, 0.5) is 18.9 Å². The van der Waals surface area contributed by atoms with Gasteiger partial charge in [0.15, 0.2) is 0 Å². The molecule has 0 spiro atoms. The Labute approximate surface area is 243 Å². The molecule has 0 saturated carbocycles. The van der Waals surface area contributed by atoms with E-state index in [9.17, 15) is 21.6 Å². The van der Waals surface area contributed by atoms with E-state index in [0.29, 0.717) is 22.5 Å². The molecule has 0 amide bonds. The number of carbonyl (C=O) groups is 1. The second-order valence-corrected chi connectivity index (χ2v) is 13.3. The van der Waals surface area contributed by atoms with Crippen LogP contribution in [0.5, 0.6) is 0 Å². The van der Waals surface area contributed by atoms with Gasteiger partial charge in [0.2, 0.25) is 0 Å². The molecular formula is C26H29F3N4O5S3. The Morgan fingerprint density at radius 3 is 2.68 bits per heavy atom. The zero-order chi connectivity index (χ0) is 29.8. The van der Waals surface area contributed by atoms with Crippen LogP contribution < -0.4 is 4.31 Å². The van der Waals surface area contributed by atoms with Crippen molar-refractivity contribution in [3.8, 4) is 10.7 Å². The Hall–Kier alpha value is -2.98. The summed E-state index contributed by atoms with van der Waals surface area (Å²) in [7, 11) is -1.86. The number of aromatic nitrogens is 2. The highest BCUT2D eigenvalue weighted by molar-refractivity contribution is 7.94. The zero-order valence-corrected chi connectivity index (χ0v) is 24.7. The number of hydrogen-bond acceptors (Lipinski definition) is 8. The number of likely N-dealkylation sites (tertiary alicyclic amines) is 1. The molecule has 0 radical (unpaired) electrons. The van der Waals surface area contributed by atoms with E-state index in [-0.39, 0.29) is 0 Å². The number of anilines is 1. The molecule has 0 aliphatic carbocycles. The first kappa shape index (κ1) is 31.0. The molecule has 41 heavy (non-hydrogen) atoms. The smallest absolute Gasteiger partial charge is 0.475 e. The summed E-state index contributed by atoms with van der Waals surface area (Å²) < 4.78 is 65.5. The lowest BCUT2D eigenvalue weighted by Crippen LogP contribution is -2.32. The number of H-pyrrole nitrogens is 1. The first-order valence-electron chi connectivity index (χ1n) is 12.6. The summed E-state index contributed by atoms with van der Waals surface area (Å²) in [5, 5.41) is 10.8. The van der Waals surface area contributed by atoms with Crippen LogP contribution in [0, 0.1) is 0 Å². The lowest BCUT2D eigenvalue weighted by molar-refractivity contribution is -0.192. The van der Waals surface area contributed by atoms with Crippen LogP contribution in [0.3, 0.4) is 0 Å². The Balaban J connectivity index is 0.000000493. The standard InChI is InChI=1S/C24H28N4O3S3.C2HF3O2/c1-3-28(34(29,30)22-10-6-12-32-22)21-9-4-7-17-13-20(26-23(17)21)24-25-14-19(33-24)15-27-11-5-8-18(27)16-31-2;3-2(4,5)1(6)7/h4,6-7,9-10,12-14,18,26H,3,5,8,11,15-16H2,1-2H3;(H,6,7)/t18-;/m0./s1. The molecule has 15 heteroatoms. The molecule has 1 aliphatic heterocycles. The van der Waals surface area contributed by atoms with Crippen LogP contribution in [-0.4, -0.2) is 73.4 Å². The normalized spacial score (nSPS) is 16.1. The third-order valence-corrected chi connectivity index (χ3v) is 10.8. The van der Waals surface area contributed by atoms with Gasteiger partial charge in [0, 0.05) is 42.7 Å². The van der Waals surface area contributed by atoms with E-state index in [2.05, 4.69) is 20.9 Å². The fourth-order valence-electron chi connectivity index (χ4n) is 4.64. The molecule has 1 aromatic carbocycles. The number of fused-ring (bicyclic) bond motifs is 1. The fourth-order valence-corrected chi connectivity index (χ4v) is 8.14. The highest BCUT2D eigenvalue weighted by atomic mass is 32.2. The molecule has 4 heterocycles. The maximum absolute atomic E-state index is 13.3. The van der Waals surface area contributed by atoms with Crippen molar-refractivity contribution in [3.63, 3.8) is 0 Å². The van der Waals surface area contributed by atoms with Gasteiger partial charge in [-0.05, 0) is 49.9 Å². The number of hydrogen-bond donors (Lipinski definition) is 2. The second-order valence-electron chi connectivity index (χ2n) is 9.18. The maximum atomic E-state index is 13.3. The fraction of sp³-hybridized carbons (Fsp3) is 0.385. The lowest BCUT2D eigenvalue weighted by Gasteiger charge is -2.22. The van der Waals surface area contributed by atoms with Crippen molar-refractivity contribution in [2.24, 2.45) is 0 Å².